The Balaban J connectivity index is 1.69. The van der Waals surface area contributed by atoms with Crippen LogP contribution in [0.4, 0.5) is 16.6 Å². The van der Waals surface area contributed by atoms with E-state index in [4.69, 9.17) is 11.6 Å². The van der Waals surface area contributed by atoms with E-state index in [0.29, 0.717) is 21.0 Å². The molecular weight excluding hydrogens is 320 g/mol. The maximum absolute atomic E-state index is 12.1. The Morgan fingerprint density at radius 2 is 1.91 bits per heavy atom. The number of amides is 1. The molecule has 0 unspecified atom stereocenters. The second-order valence-corrected chi connectivity index (χ2v) is 5.74. The van der Waals surface area contributed by atoms with Crippen LogP contribution in [0.1, 0.15) is 9.67 Å². The van der Waals surface area contributed by atoms with Crippen molar-refractivity contribution in [2.45, 2.75) is 0 Å². The van der Waals surface area contributed by atoms with Gasteiger partial charge >= 0.3 is 0 Å². The van der Waals surface area contributed by atoms with Gasteiger partial charge in [0.2, 0.25) is 0 Å². The number of thiazole rings is 1. The van der Waals surface area contributed by atoms with E-state index >= 15 is 0 Å². The molecule has 110 valence electrons. The van der Waals surface area contributed by atoms with Crippen LogP contribution < -0.4 is 10.6 Å². The molecule has 0 aliphatic carbocycles. The quantitative estimate of drug-likeness (QED) is 0.704. The maximum Gasteiger partial charge on any atom is 0.267 e. The van der Waals surface area contributed by atoms with Crippen molar-refractivity contribution in [1.29, 1.82) is 0 Å². The third-order valence-corrected chi connectivity index (χ3v) is 3.83. The predicted molar refractivity (Wildman–Crippen MR) is 89.0 cm³/mol. The van der Waals surface area contributed by atoms with Crippen molar-refractivity contribution in [2.24, 2.45) is 0 Å². The standard InChI is InChI=1S/C15H11ClN4OS/c16-12-7-4-8-13(19-12)20-15-17-9-11(22-15)14(21)18-10-5-2-1-3-6-10/h1-9H,(H,18,21)(H,17,19,20). The molecule has 0 aliphatic rings. The third-order valence-electron chi connectivity index (χ3n) is 2.71. The summed E-state index contributed by atoms with van der Waals surface area (Å²) >= 11 is 7.07. The molecular formula is C15H11ClN4OS. The number of carbonyl (C=O) groups is 1. The van der Waals surface area contributed by atoms with Gasteiger partial charge in [-0.05, 0) is 24.3 Å². The van der Waals surface area contributed by atoms with Crippen molar-refractivity contribution in [3.8, 4) is 0 Å². The molecule has 0 spiro atoms. The number of nitrogens with one attached hydrogen (secondary N) is 2. The minimum atomic E-state index is -0.198. The average Bonchev–Trinajstić information content (AvgIpc) is 2.97. The molecule has 3 rings (SSSR count). The fourth-order valence-electron chi connectivity index (χ4n) is 1.74. The number of halogens is 1. The number of carbonyl (C=O) groups excluding carboxylic acids is 1. The van der Waals surface area contributed by atoms with Crippen LogP contribution in [0, 0.1) is 0 Å². The summed E-state index contributed by atoms with van der Waals surface area (Å²) in [5, 5.41) is 6.80. The molecule has 1 amide bonds. The molecule has 2 heterocycles. The Hall–Kier alpha value is -2.44. The molecule has 1 aromatic carbocycles. The lowest BCUT2D eigenvalue weighted by molar-refractivity contribution is 0.103. The minimum Gasteiger partial charge on any atom is -0.321 e. The second-order valence-electron chi connectivity index (χ2n) is 4.32. The second kappa shape index (κ2) is 6.55. The van der Waals surface area contributed by atoms with Gasteiger partial charge in [0.15, 0.2) is 5.13 Å². The van der Waals surface area contributed by atoms with Crippen LogP contribution in [0.25, 0.3) is 0 Å². The number of pyridine rings is 1. The molecule has 5 nitrogen and oxygen atoms in total. The molecule has 0 atom stereocenters. The first-order valence-electron chi connectivity index (χ1n) is 6.42. The van der Waals surface area contributed by atoms with E-state index in [1.54, 1.807) is 18.2 Å². The predicted octanol–water partition coefficient (Wildman–Crippen LogP) is 4.19. The summed E-state index contributed by atoms with van der Waals surface area (Å²) in [4.78, 5) is 20.9. The Bertz CT molecular complexity index is 791. The van der Waals surface area contributed by atoms with Gasteiger partial charge in [0.05, 0.1) is 6.20 Å². The van der Waals surface area contributed by atoms with Crippen molar-refractivity contribution in [3.63, 3.8) is 0 Å². The molecule has 3 aromatic rings. The van der Waals surface area contributed by atoms with Crippen molar-refractivity contribution < 1.29 is 4.79 Å². The number of aromatic nitrogens is 2. The molecule has 0 aliphatic heterocycles. The summed E-state index contributed by atoms with van der Waals surface area (Å²) in [5.74, 6) is 0.382. The topological polar surface area (TPSA) is 66.9 Å². The summed E-state index contributed by atoms with van der Waals surface area (Å²) < 4.78 is 0. The van der Waals surface area contributed by atoms with Gasteiger partial charge in [0.25, 0.3) is 5.91 Å². The monoisotopic (exact) mass is 330 g/mol. The van der Waals surface area contributed by atoms with Gasteiger partial charge in [-0.2, -0.15) is 0 Å². The lowest BCUT2D eigenvalue weighted by Gasteiger charge is -2.02. The van der Waals surface area contributed by atoms with Crippen LogP contribution in [0.15, 0.2) is 54.7 Å². The number of rotatable bonds is 4. The highest BCUT2D eigenvalue weighted by Gasteiger charge is 2.11. The van der Waals surface area contributed by atoms with Gasteiger partial charge in [-0.15, -0.1) is 0 Å². The zero-order chi connectivity index (χ0) is 15.4. The summed E-state index contributed by atoms with van der Waals surface area (Å²) in [6, 6.07) is 14.5. The van der Waals surface area contributed by atoms with E-state index < -0.39 is 0 Å². The van der Waals surface area contributed by atoms with E-state index in [1.807, 2.05) is 30.3 Å². The summed E-state index contributed by atoms with van der Waals surface area (Å²) in [6.07, 6.45) is 1.52. The van der Waals surface area contributed by atoms with Crippen LogP contribution in [-0.2, 0) is 0 Å². The van der Waals surface area contributed by atoms with Gasteiger partial charge in [0, 0.05) is 5.69 Å². The Kier molecular flexibility index (Phi) is 4.32. The summed E-state index contributed by atoms with van der Waals surface area (Å²) in [7, 11) is 0. The number of hydrogen-bond acceptors (Lipinski definition) is 5. The zero-order valence-corrected chi connectivity index (χ0v) is 12.9. The van der Waals surface area contributed by atoms with Crippen LogP contribution in [-0.4, -0.2) is 15.9 Å². The van der Waals surface area contributed by atoms with E-state index in [2.05, 4.69) is 20.6 Å². The van der Waals surface area contributed by atoms with E-state index in [0.717, 1.165) is 5.69 Å². The molecule has 0 bridgehead atoms. The van der Waals surface area contributed by atoms with Gasteiger partial charge in [0.1, 0.15) is 15.8 Å². The van der Waals surface area contributed by atoms with Gasteiger partial charge in [-0.25, -0.2) is 9.97 Å². The van der Waals surface area contributed by atoms with Gasteiger partial charge in [-0.3, -0.25) is 4.79 Å². The molecule has 0 saturated heterocycles. The van der Waals surface area contributed by atoms with E-state index in [1.165, 1.54) is 17.5 Å². The minimum absolute atomic E-state index is 0.198. The molecule has 0 saturated carbocycles. The van der Waals surface area contributed by atoms with Gasteiger partial charge < -0.3 is 10.6 Å². The molecule has 22 heavy (non-hydrogen) atoms. The SMILES string of the molecule is O=C(Nc1ccccc1)c1cnc(Nc2cccc(Cl)n2)s1. The lowest BCUT2D eigenvalue weighted by Crippen LogP contribution is -2.09. The van der Waals surface area contributed by atoms with Crippen molar-refractivity contribution in [1.82, 2.24) is 9.97 Å². The first kappa shape index (κ1) is 14.5. The fraction of sp³-hybridized carbons (Fsp3) is 0. The van der Waals surface area contributed by atoms with Crippen LogP contribution >= 0.6 is 22.9 Å². The number of nitrogens with zero attached hydrogens (tertiary/aromatic N) is 2. The Morgan fingerprint density at radius 3 is 2.68 bits per heavy atom. The number of para-hydroxylation sites is 1. The summed E-state index contributed by atoms with van der Waals surface area (Å²) in [6.45, 7) is 0. The normalized spacial score (nSPS) is 10.2. The number of anilines is 3. The van der Waals surface area contributed by atoms with Gasteiger partial charge in [-0.1, -0.05) is 47.2 Å². The van der Waals surface area contributed by atoms with E-state index in [9.17, 15) is 4.79 Å². The molecule has 2 aromatic heterocycles. The largest absolute Gasteiger partial charge is 0.321 e. The number of benzene rings is 1. The first-order chi connectivity index (χ1) is 10.7. The Labute approximate surface area is 136 Å². The fourth-order valence-corrected chi connectivity index (χ4v) is 2.62. The van der Waals surface area contributed by atoms with Crippen molar-refractivity contribution >= 4 is 45.5 Å². The van der Waals surface area contributed by atoms with Crippen molar-refractivity contribution in [2.75, 3.05) is 10.6 Å². The first-order valence-corrected chi connectivity index (χ1v) is 7.62. The zero-order valence-electron chi connectivity index (χ0n) is 11.3. The smallest absolute Gasteiger partial charge is 0.267 e. The maximum atomic E-state index is 12.1. The molecule has 7 heteroatoms. The molecule has 0 fully saturated rings. The van der Waals surface area contributed by atoms with Crippen molar-refractivity contribution in [3.05, 3.63) is 64.8 Å². The lowest BCUT2D eigenvalue weighted by atomic mass is 10.3. The third kappa shape index (κ3) is 3.60. The van der Waals surface area contributed by atoms with Crippen LogP contribution in [0.5, 0.6) is 0 Å². The highest BCUT2D eigenvalue weighted by Crippen LogP contribution is 2.23. The van der Waals surface area contributed by atoms with Crippen LogP contribution in [0.2, 0.25) is 5.15 Å². The highest BCUT2D eigenvalue weighted by molar-refractivity contribution is 7.17. The highest BCUT2D eigenvalue weighted by atomic mass is 35.5. The van der Waals surface area contributed by atoms with E-state index in [-0.39, 0.29) is 5.91 Å². The molecule has 2 N–H and O–H groups in total. The average molecular weight is 331 g/mol. The number of hydrogen-bond donors (Lipinski definition) is 2. The molecule has 0 radical (unpaired) electrons. The van der Waals surface area contributed by atoms with Crippen LogP contribution in [0.3, 0.4) is 0 Å². The summed E-state index contributed by atoms with van der Waals surface area (Å²) in [5.41, 5.74) is 0.743. The Morgan fingerprint density at radius 1 is 1.09 bits per heavy atom.